The molecule has 8 heteroatoms. The van der Waals surface area contributed by atoms with E-state index in [1.165, 1.54) is 6.33 Å². The molecule has 2 N–H and O–H groups in total. The van der Waals surface area contributed by atoms with Crippen LogP contribution in [0.15, 0.2) is 60.1 Å². The van der Waals surface area contributed by atoms with Crippen LogP contribution in [0.5, 0.6) is 11.5 Å². The van der Waals surface area contributed by atoms with Crippen molar-refractivity contribution in [3.05, 3.63) is 71.2 Å². The zero-order chi connectivity index (χ0) is 21.3. The molecule has 1 aliphatic rings. The third-order valence-electron chi connectivity index (χ3n) is 5.07. The minimum absolute atomic E-state index is 0.218. The fourth-order valence-corrected chi connectivity index (χ4v) is 3.55. The number of hydrogen-bond acceptors (Lipinski definition) is 6. The summed E-state index contributed by atoms with van der Waals surface area (Å²) in [5, 5.41) is 10.5. The van der Waals surface area contributed by atoms with Gasteiger partial charge in [-0.05, 0) is 43.7 Å². The fraction of sp³-hybridized carbons (Fsp3) is 0.227. The van der Waals surface area contributed by atoms with E-state index in [9.17, 15) is 4.79 Å². The van der Waals surface area contributed by atoms with Crippen LogP contribution in [0, 0.1) is 6.92 Å². The molecule has 1 aliphatic heterocycles. The first kappa shape index (κ1) is 19.5. The van der Waals surface area contributed by atoms with Gasteiger partial charge in [0.05, 0.1) is 19.8 Å². The molecule has 0 aliphatic carbocycles. The first-order valence-electron chi connectivity index (χ1n) is 9.49. The van der Waals surface area contributed by atoms with E-state index < -0.39 is 6.04 Å². The normalized spacial score (nSPS) is 15.3. The predicted octanol–water partition coefficient (Wildman–Crippen LogP) is 3.53. The number of methoxy groups -OCH3 is 2. The van der Waals surface area contributed by atoms with Gasteiger partial charge in [0, 0.05) is 11.4 Å². The largest absolute Gasteiger partial charge is 0.493 e. The lowest BCUT2D eigenvalue weighted by molar-refractivity contribution is -0.113. The molecule has 0 spiro atoms. The van der Waals surface area contributed by atoms with Crippen molar-refractivity contribution in [2.75, 3.05) is 24.9 Å². The van der Waals surface area contributed by atoms with E-state index in [0.717, 1.165) is 16.8 Å². The van der Waals surface area contributed by atoms with Gasteiger partial charge in [0.2, 0.25) is 5.95 Å². The SMILES string of the molecule is COc1ccc([C@H]2C(C(=O)Nc3ccc(C)cc3)=C(C)Nc3ncnn32)cc1OC. The lowest BCUT2D eigenvalue weighted by Gasteiger charge is -2.29. The minimum Gasteiger partial charge on any atom is -0.493 e. The third kappa shape index (κ3) is 3.47. The summed E-state index contributed by atoms with van der Waals surface area (Å²) in [6.07, 6.45) is 1.46. The third-order valence-corrected chi connectivity index (χ3v) is 5.07. The lowest BCUT2D eigenvalue weighted by atomic mass is 9.94. The van der Waals surface area contributed by atoms with Crippen LogP contribution < -0.4 is 20.1 Å². The van der Waals surface area contributed by atoms with E-state index in [0.29, 0.717) is 28.7 Å². The van der Waals surface area contributed by atoms with Gasteiger partial charge >= 0.3 is 0 Å². The quantitative estimate of drug-likeness (QED) is 0.675. The molecule has 1 atom stereocenters. The molecule has 0 saturated heterocycles. The van der Waals surface area contributed by atoms with Crippen molar-refractivity contribution in [3.63, 3.8) is 0 Å². The molecule has 1 amide bonds. The number of aryl methyl sites for hydroxylation is 1. The number of fused-ring (bicyclic) bond motifs is 1. The number of carbonyl (C=O) groups excluding carboxylic acids is 1. The number of amides is 1. The van der Waals surface area contributed by atoms with Crippen LogP contribution in [0.3, 0.4) is 0 Å². The molecule has 30 heavy (non-hydrogen) atoms. The number of carbonyl (C=O) groups is 1. The summed E-state index contributed by atoms with van der Waals surface area (Å²) >= 11 is 0. The van der Waals surface area contributed by atoms with Crippen molar-refractivity contribution in [1.29, 1.82) is 0 Å². The van der Waals surface area contributed by atoms with E-state index in [4.69, 9.17) is 9.47 Å². The molecular formula is C22H23N5O3. The number of nitrogens with one attached hydrogen (secondary N) is 2. The van der Waals surface area contributed by atoms with Gasteiger partial charge in [0.25, 0.3) is 5.91 Å². The maximum Gasteiger partial charge on any atom is 0.255 e. The van der Waals surface area contributed by atoms with Crippen molar-refractivity contribution >= 4 is 17.5 Å². The smallest absolute Gasteiger partial charge is 0.255 e. The average Bonchev–Trinajstić information content (AvgIpc) is 3.21. The van der Waals surface area contributed by atoms with E-state index in [2.05, 4.69) is 20.7 Å². The van der Waals surface area contributed by atoms with Gasteiger partial charge in [-0.25, -0.2) is 4.68 Å². The summed E-state index contributed by atoms with van der Waals surface area (Å²) in [5.41, 5.74) is 3.93. The van der Waals surface area contributed by atoms with Gasteiger partial charge in [-0.1, -0.05) is 23.8 Å². The van der Waals surface area contributed by atoms with Crippen molar-refractivity contribution in [2.24, 2.45) is 0 Å². The molecule has 0 unspecified atom stereocenters. The summed E-state index contributed by atoms with van der Waals surface area (Å²) in [4.78, 5) is 17.6. The molecule has 0 fully saturated rings. The number of ether oxygens (including phenoxy) is 2. The van der Waals surface area contributed by atoms with Crippen molar-refractivity contribution in [1.82, 2.24) is 14.8 Å². The Balaban J connectivity index is 1.77. The molecule has 0 radical (unpaired) electrons. The standard InChI is InChI=1S/C22H23N5O3/c1-13-5-8-16(9-6-13)26-21(28)19-14(2)25-22-23-12-24-27(22)20(19)15-7-10-17(29-3)18(11-15)30-4/h5-12,20H,1-4H3,(H,26,28)(H,23,24,25)/t20-/m0/s1. The van der Waals surface area contributed by atoms with Crippen LogP contribution in [-0.4, -0.2) is 34.9 Å². The molecule has 8 nitrogen and oxygen atoms in total. The molecule has 3 aromatic rings. The maximum atomic E-state index is 13.3. The number of rotatable bonds is 5. The molecule has 2 aromatic carbocycles. The van der Waals surface area contributed by atoms with Crippen LogP contribution in [0.1, 0.15) is 24.1 Å². The number of aromatic nitrogens is 3. The highest BCUT2D eigenvalue weighted by molar-refractivity contribution is 6.06. The van der Waals surface area contributed by atoms with Gasteiger partial charge in [-0.15, -0.1) is 0 Å². The Bertz CT molecular complexity index is 1120. The van der Waals surface area contributed by atoms with Crippen LogP contribution in [0.25, 0.3) is 0 Å². The molecule has 0 bridgehead atoms. The topological polar surface area (TPSA) is 90.3 Å². The summed E-state index contributed by atoms with van der Waals surface area (Å²) in [6, 6.07) is 12.8. The highest BCUT2D eigenvalue weighted by Gasteiger charge is 2.34. The van der Waals surface area contributed by atoms with Gasteiger partial charge in [-0.3, -0.25) is 4.79 Å². The zero-order valence-electron chi connectivity index (χ0n) is 17.3. The van der Waals surface area contributed by atoms with Crippen molar-refractivity contribution in [2.45, 2.75) is 19.9 Å². The molecule has 4 rings (SSSR count). The van der Waals surface area contributed by atoms with Crippen molar-refractivity contribution in [3.8, 4) is 11.5 Å². The predicted molar refractivity (Wildman–Crippen MR) is 114 cm³/mol. The first-order chi connectivity index (χ1) is 14.5. The Kier molecular flexibility index (Phi) is 5.14. The average molecular weight is 405 g/mol. The second kappa shape index (κ2) is 7.90. The molecular weight excluding hydrogens is 382 g/mol. The highest BCUT2D eigenvalue weighted by atomic mass is 16.5. The van der Waals surface area contributed by atoms with Gasteiger partial charge in [0.15, 0.2) is 11.5 Å². The van der Waals surface area contributed by atoms with E-state index in [1.54, 1.807) is 18.9 Å². The number of allylic oxidation sites excluding steroid dienone is 1. The number of hydrogen-bond donors (Lipinski definition) is 2. The number of anilines is 2. The summed E-state index contributed by atoms with van der Waals surface area (Å²) in [6.45, 7) is 3.86. The van der Waals surface area contributed by atoms with E-state index in [1.807, 2.05) is 56.3 Å². The Morgan fingerprint density at radius 1 is 1.07 bits per heavy atom. The minimum atomic E-state index is -0.478. The first-order valence-corrected chi connectivity index (χ1v) is 9.49. The Morgan fingerprint density at radius 2 is 1.80 bits per heavy atom. The molecule has 1 aromatic heterocycles. The molecule has 0 saturated carbocycles. The number of nitrogens with zero attached hydrogens (tertiary/aromatic N) is 3. The Labute approximate surface area is 174 Å². The van der Waals surface area contributed by atoms with E-state index >= 15 is 0 Å². The van der Waals surface area contributed by atoms with Gasteiger partial charge in [-0.2, -0.15) is 10.1 Å². The van der Waals surface area contributed by atoms with E-state index in [-0.39, 0.29) is 5.91 Å². The summed E-state index contributed by atoms with van der Waals surface area (Å²) in [5.74, 6) is 1.54. The fourth-order valence-electron chi connectivity index (χ4n) is 3.55. The van der Waals surface area contributed by atoms with Crippen LogP contribution in [0.4, 0.5) is 11.6 Å². The second-order valence-corrected chi connectivity index (χ2v) is 7.03. The summed E-state index contributed by atoms with van der Waals surface area (Å²) < 4.78 is 12.5. The zero-order valence-corrected chi connectivity index (χ0v) is 17.3. The van der Waals surface area contributed by atoms with Crippen LogP contribution in [0.2, 0.25) is 0 Å². The second-order valence-electron chi connectivity index (χ2n) is 7.03. The summed E-state index contributed by atoms with van der Waals surface area (Å²) in [7, 11) is 3.17. The van der Waals surface area contributed by atoms with Crippen molar-refractivity contribution < 1.29 is 14.3 Å². The Hall–Kier alpha value is -3.81. The molecule has 2 heterocycles. The lowest BCUT2D eigenvalue weighted by Crippen LogP contribution is -2.31. The monoisotopic (exact) mass is 405 g/mol. The maximum absolute atomic E-state index is 13.3. The van der Waals surface area contributed by atoms with Crippen LogP contribution >= 0.6 is 0 Å². The van der Waals surface area contributed by atoms with Gasteiger partial charge in [0.1, 0.15) is 12.4 Å². The Morgan fingerprint density at radius 3 is 2.50 bits per heavy atom. The van der Waals surface area contributed by atoms with Gasteiger partial charge < -0.3 is 20.1 Å². The highest BCUT2D eigenvalue weighted by Crippen LogP contribution is 2.38. The van der Waals surface area contributed by atoms with Crippen LogP contribution in [-0.2, 0) is 4.79 Å². The molecule has 154 valence electrons. The number of benzene rings is 2.